The standard InChI is InChI=1S/C21H33N3O.ClH/c1-22-13-10-17-11-14-24(15-12-17)16-21(25)23(2)20-9-5-7-18-6-3-4-8-19(18)20;/h3-4,6,8,17,20,22H,5,7,9-16H2,1-2H3;1H. The van der Waals surface area contributed by atoms with Gasteiger partial charge in [-0.2, -0.15) is 0 Å². The molecule has 0 aromatic heterocycles. The molecule has 1 aliphatic heterocycles. The first-order valence-electron chi connectivity index (χ1n) is 9.89. The molecule has 1 heterocycles. The number of nitrogens with one attached hydrogen (secondary N) is 1. The molecule has 1 aromatic carbocycles. The molecule has 1 N–H and O–H groups in total. The summed E-state index contributed by atoms with van der Waals surface area (Å²) in [6.45, 7) is 3.81. The predicted octanol–water partition coefficient (Wildman–Crippen LogP) is 3.27. The third-order valence-electron chi connectivity index (χ3n) is 6.07. The monoisotopic (exact) mass is 379 g/mol. The Morgan fingerprint density at radius 3 is 2.69 bits per heavy atom. The molecule has 1 atom stereocenters. The van der Waals surface area contributed by atoms with E-state index in [0.717, 1.165) is 38.4 Å². The van der Waals surface area contributed by atoms with Crippen molar-refractivity contribution < 1.29 is 4.79 Å². The molecule has 26 heavy (non-hydrogen) atoms. The van der Waals surface area contributed by atoms with E-state index in [4.69, 9.17) is 0 Å². The van der Waals surface area contributed by atoms with Gasteiger partial charge >= 0.3 is 0 Å². The normalized spacial score (nSPS) is 20.9. The van der Waals surface area contributed by atoms with E-state index in [2.05, 4.69) is 34.5 Å². The van der Waals surface area contributed by atoms with Gasteiger partial charge in [-0.3, -0.25) is 9.69 Å². The highest BCUT2D eigenvalue weighted by molar-refractivity contribution is 5.85. The van der Waals surface area contributed by atoms with Gasteiger partial charge in [0.1, 0.15) is 0 Å². The van der Waals surface area contributed by atoms with Crippen LogP contribution < -0.4 is 5.32 Å². The van der Waals surface area contributed by atoms with Gasteiger partial charge in [-0.1, -0.05) is 24.3 Å². The molecule has 5 heteroatoms. The zero-order chi connectivity index (χ0) is 17.6. The van der Waals surface area contributed by atoms with Gasteiger partial charge in [-0.15, -0.1) is 12.4 Å². The van der Waals surface area contributed by atoms with Crippen molar-refractivity contribution in [3.8, 4) is 0 Å². The van der Waals surface area contributed by atoms with E-state index in [-0.39, 0.29) is 24.4 Å². The van der Waals surface area contributed by atoms with Crippen LogP contribution in [0.4, 0.5) is 0 Å². The number of carbonyl (C=O) groups excluding carboxylic acids is 1. The van der Waals surface area contributed by atoms with Crippen molar-refractivity contribution in [2.75, 3.05) is 40.3 Å². The molecular weight excluding hydrogens is 346 g/mol. The van der Waals surface area contributed by atoms with Crippen molar-refractivity contribution in [3.63, 3.8) is 0 Å². The largest absolute Gasteiger partial charge is 0.338 e. The van der Waals surface area contributed by atoms with E-state index in [1.807, 2.05) is 19.0 Å². The SMILES string of the molecule is CNCCC1CCN(CC(=O)N(C)C2CCCc3ccccc32)CC1.Cl. The average molecular weight is 380 g/mol. The summed E-state index contributed by atoms with van der Waals surface area (Å²) in [7, 11) is 4.02. The van der Waals surface area contributed by atoms with Crippen molar-refractivity contribution in [1.29, 1.82) is 0 Å². The molecule has 1 aliphatic carbocycles. The molecule has 0 radical (unpaired) electrons. The lowest BCUT2D eigenvalue weighted by Gasteiger charge is -2.36. The Morgan fingerprint density at radius 1 is 1.23 bits per heavy atom. The first-order chi connectivity index (χ1) is 12.2. The van der Waals surface area contributed by atoms with Crippen LogP contribution in [0.1, 0.15) is 49.3 Å². The van der Waals surface area contributed by atoms with Gasteiger partial charge in [-0.05, 0) is 82.3 Å². The van der Waals surface area contributed by atoms with Crippen LogP contribution in [0.25, 0.3) is 0 Å². The Hall–Kier alpha value is -1.10. The maximum Gasteiger partial charge on any atom is 0.237 e. The molecule has 146 valence electrons. The Bertz CT molecular complexity index is 572. The molecule has 1 amide bonds. The second kappa shape index (κ2) is 10.3. The van der Waals surface area contributed by atoms with Crippen LogP contribution in [-0.4, -0.2) is 56.0 Å². The molecule has 2 aliphatic rings. The highest BCUT2D eigenvalue weighted by Gasteiger charge is 2.28. The number of likely N-dealkylation sites (tertiary alicyclic amines) is 1. The van der Waals surface area contributed by atoms with Crippen molar-refractivity contribution >= 4 is 18.3 Å². The highest BCUT2D eigenvalue weighted by Crippen LogP contribution is 2.33. The van der Waals surface area contributed by atoms with Crippen molar-refractivity contribution in [1.82, 2.24) is 15.1 Å². The van der Waals surface area contributed by atoms with Crippen molar-refractivity contribution in [2.24, 2.45) is 5.92 Å². The Balaban J connectivity index is 0.00000243. The number of amides is 1. The van der Waals surface area contributed by atoms with E-state index in [0.29, 0.717) is 6.54 Å². The van der Waals surface area contributed by atoms with Crippen molar-refractivity contribution in [2.45, 2.75) is 44.6 Å². The topological polar surface area (TPSA) is 35.6 Å². The van der Waals surface area contributed by atoms with E-state index >= 15 is 0 Å². The Morgan fingerprint density at radius 2 is 1.96 bits per heavy atom. The van der Waals surface area contributed by atoms with E-state index < -0.39 is 0 Å². The minimum atomic E-state index is 0. The maximum absolute atomic E-state index is 12.8. The second-order valence-corrected chi connectivity index (χ2v) is 7.72. The van der Waals surface area contributed by atoms with Crippen molar-refractivity contribution in [3.05, 3.63) is 35.4 Å². The van der Waals surface area contributed by atoms with Gasteiger partial charge < -0.3 is 10.2 Å². The number of rotatable bonds is 6. The van der Waals surface area contributed by atoms with Gasteiger partial charge in [0.05, 0.1) is 12.6 Å². The molecule has 0 spiro atoms. The summed E-state index contributed by atoms with van der Waals surface area (Å²) in [5, 5.41) is 3.24. The lowest BCUT2D eigenvalue weighted by Crippen LogP contribution is -2.44. The number of halogens is 1. The number of fused-ring (bicyclic) bond motifs is 1. The van der Waals surface area contributed by atoms with Gasteiger partial charge in [0.25, 0.3) is 0 Å². The molecule has 4 nitrogen and oxygen atoms in total. The van der Waals surface area contributed by atoms with Crippen LogP contribution in [0.3, 0.4) is 0 Å². The minimum Gasteiger partial charge on any atom is -0.338 e. The summed E-state index contributed by atoms with van der Waals surface area (Å²) < 4.78 is 0. The lowest BCUT2D eigenvalue weighted by molar-refractivity contribution is -0.134. The molecule has 1 aromatic rings. The van der Waals surface area contributed by atoms with Crippen LogP contribution in [0, 0.1) is 5.92 Å². The van der Waals surface area contributed by atoms with Crippen LogP contribution in [0.15, 0.2) is 24.3 Å². The van der Waals surface area contributed by atoms with E-state index in [1.165, 1.54) is 36.8 Å². The Labute approximate surface area is 164 Å². The summed E-state index contributed by atoms with van der Waals surface area (Å²) in [6.07, 6.45) is 7.13. The third-order valence-corrected chi connectivity index (χ3v) is 6.07. The molecule has 3 rings (SSSR count). The molecule has 0 bridgehead atoms. The molecule has 0 saturated carbocycles. The number of likely N-dealkylation sites (N-methyl/N-ethyl adjacent to an activating group) is 1. The number of aryl methyl sites for hydroxylation is 1. The summed E-state index contributed by atoms with van der Waals surface area (Å²) >= 11 is 0. The van der Waals surface area contributed by atoms with Crippen LogP contribution >= 0.6 is 12.4 Å². The van der Waals surface area contributed by atoms with Gasteiger partial charge in [0, 0.05) is 7.05 Å². The van der Waals surface area contributed by atoms with E-state index in [1.54, 1.807) is 0 Å². The quantitative estimate of drug-likeness (QED) is 0.823. The fourth-order valence-corrected chi connectivity index (χ4v) is 4.39. The summed E-state index contributed by atoms with van der Waals surface area (Å²) in [5.41, 5.74) is 2.78. The fraction of sp³-hybridized carbons (Fsp3) is 0.667. The minimum absolute atomic E-state index is 0. The number of hydrogen-bond donors (Lipinski definition) is 1. The third kappa shape index (κ3) is 5.21. The lowest BCUT2D eigenvalue weighted by atomic mass is 9.87. The predicted molar refractivity (Wildman–Crippen MR) is 110 cm³/mol. The highest BCUT2D eigenvalue weighted by atomic mass is 35.5. The number of hydrogen-bond acceptors (Lipinski definition) is 3. The second-order valence-electron chi connectivity index (χ2n) is 7.72. The average Bonchev–Trinajstić information content (AvgIpc) is 2.66. The molecular formula is C21H34ClN3O. The maximum atomic E-state index is 12.8. The van der Waals surface area contributed by atoms with Crippen LogP contribution in [0.2, 0.25) is 0 Å². The zero-order valence-electron chi connectivity index (χ0n) is 16.2. The number of nitrogens with zero attached hydrogens (tertiary/aromatic N) is 2. The smallest absolute Gasteiger partial charge is 0.237 e. The summed E-state index contributed by atoms with van der Waals surface area (Å²) in [5.74, 6) is 1.09. The molecule has 1 unspecified atom stereocenters. The molecule has 1 fully saturated rings. The number of benzene rings is 1. The van der Waals surface area contributed by atoms with Gasteiger partial charge in [0.15, 0.2) is 0 Å². The zero-order valence-corrected chi connectivity index (χ0v) is 17.1. The van der Waals surface area contributed by atoms with Crippen LogP contribution in [0.5, 0.6) is 0 Å². The Kier molecular flexibility index (Phi) is 8.39. The number of piperidine rings is 1. The number of carbonyl (C=O) groups is 1. The van der Waals surface area contributed by atoms with Gasteiger partial charge in [-0.25, -0.2) is 0 Å². The summed E-state index contributed by atoms with van der Waals surface area (Å²) in [4.78, 5) is 17.2. The van der Waals surface area contributed by atoms with Crippen LogP contribution in [-0.2, 0) is 11.2 Å². The first kappa shape index (κ1) is 21.2. The van der Waals surface area contributed by atoms with E-state index in [9.17, 15) is 4.79 Å². The first-order valence-corrected chi connectivity index (χ1v) is 9.89. The van der Waals surface area contributed by atoms with Gasteiger partial charge in [0.2, 0.25) is 5.91 Å². The summed E-state index contributed by atoms with van der Waals surface area (Å²) in [6, 6.07) is 8.89. The molecule has 1 saturated heterocycles. The fourth-order valence-electron chi connectivity index (χ4n) is 4.39.